The van der Waals surface area contributed by atoms with E-state index in [-0.39, 0.29) is 17.4 Å². The number of nitrogens with zero attached hydrogens (tertiary/aromatic N) is 1. The van der Waals surface area contributed by atoms with Gasteiger partial charge in [0.1, 0.15) is 5.41 Å². The molecule has 0 unspecified atom stereocenters. The van der Waals surface area contributed by atoms with E-state index in [2.05, 4.69) is 10.1 Å². The zero-order valence-electron chi connectivity index (χ0n) is 14.8. The largest absolute Gasteiger partial charge is 0.465 e. The molecule has 1 aliphatic heterocycles. The number of nitrogens with one attached hydrogen (secondary N) is 1. The zero-order chi connectivity index (χ0) is 18.7. The van der Waals surface area contributed by atoms with Gasteiger partial charge in [-0.1, -0.05) is 24.4 Å². The Bertz CT molecular complexity index is 722. The molecule has 1 aliphatic carbocycles. The Morgan fingerprint density at radius 2 is 1.77 bits per heavy atom. The van der Waals surface area contributed by atoms with Crippen LogP contribution in [0.25, 0.3) is 0 Å². The Morgan fingerprint density at radius 1 is 1.12 bits per heavy atom. The first-order valence-corrected chi connectivity index (χ1v) is 9.34. The topological polar surface area (TPSA) is 75.7 Å². The van der Waals surface area contributed by atoms with Crippen molar-refractivity contribution >= 4 is 35.1 Å². The third-order valence-corrected chi connectivity index (χ3v) is 5.45. The molecule has 26 heavy (non-hydrogen) atoms. The molecule has 0 bridgehead atoms. The molecule has 0 spiro atoms. The number of ether oxygens (including phenoxy) is 1. The predicted octanol–water partition coefficient (Wildman–Crippen LogP) is 3.25. The number of methoxy groups -OCH3 is 1. The number of esters is 1. The maximum Gasteiger partial charge on any atom is 0.337 e. The van der Waals surface area contributed by atoms with Crippen molar-refractivity contribution in [2.75, 3.05) is 25.5 Å². The van der Waals surface area contributed by atoms with Gasteiger partial charge in [0.15, 0.2) is 0 Å². The van der Waals surface area contributed by atoms with Crippen LogP contribution < -0.4 is 5.32 Å². The van der Waals surface area contributed by atoms with Crippen molar-refractivity contribution < 1.29 is 19.1 Å². The van der Waals surface area contributed by atoms with Gasteiger partial charge in [-0.15, -0.1) is 0 Å². The van der Waals surface area contributed by atoms with Gasteiger partial charge in [-0.25, -0.2) is 4.79 Å². The quantitative estimate of drug-likeness (QED) is 0.644. The highest BCUT2D eigenvalue weighted by atomic mass is 35.5. The fraction of sp³-hybridized carbons (Fsp3) is 0.526. The van der Waals surface area contributed by atoms with Crippen LogP contribution in [0.4, 0.5) is 5.69 Å². The van der Waals surface area contributed by atoms with Crippen molar-refractivity contribution in [2.24, 2.45) is 5.41 Å². The number of carbonyl (C=O) groups is 3. The number of hydrogen-bond acceptors (Lipinski definition) is 4. The number of hydrogen-bond donors (Lipinski definition) is 1. The molecule has 1 heterocycles. The minimum Gasteiger partial charge on any atom is -0.465 e. The molecule has 0 atom stereocenters. The number of likely N-dealkylation sites (tertiary alicyclic amines) is 1. The highest BCUT2D eigenvalue weighted by Gasteiger charge is 2.58. The second kappa shape index (κ2) is 7.66. The SMILES string of the molecule is COC(=O)c1ccc(Cl)c(NC(=O)C2(C(=O)N3CCCCCC3)CC2)c1. The van der Waals surface area contributed by atoms with Crippen LogP contribution in [0.5, 0.6) is 0 Å². The Labute approximate surface area is 157 Å². The minimum atomic E-state index is -0.991. The van der Waals surface area contributed by atoms with E-state index >= 15 is 0 Å². The van der Waals surface area contributed by atoms with Crippen LogP contribution in [0.15, 0.2) is 18.2 Å². The molecule has 7 heteroatoms. The summed E-state index contributed by atoms with van der Waals surface area (Å²) in [7, 11) is 1.29. The fourth-order valence-electron chi connectivity index (χ4n) is 3.35. The molecule has 1 aromatic rings. The highest BCUT2D eigenvalue weighted by molar-refractivity contribution is 6.34. The van der Waals surface area contributed by atoms with Crippen molar-refractivity contribution in [3.8, 4) is 0 Å². The van der Waals surface area contributed by atoms with Crippen molar-refractivity contribution in [3.05, 3.63) is 28.8 Å². The molecule has 0 aromatic heterocycles. The van der Waals surface area contributed by atoms with Crippen LogP contribution in [-0.4, -0.2) is 42.9 Å². The molecular formula is C19H23ClN2O4. The number of amides is 2. The Kier molecular flexibility index (Phi) is 5.51. The molecule has 2 aliphatic rings. The Hall–Kier alpha value is -2.08. The lowest BCUT2D eigenvalue weighted by Crippen LogP contribution is -2.43. The average Bonchev–Trinajstić information content (AvgIpc) is 3.47. The van der Waals surface area contributed by atoms with Crippen LogP contribution in [0.1, 0.15) is 48.9 Å². The van der Waals surface area contributed by atoms with Gasteiger partial charge in [-0.05, 0) is 43.9 Å². The van der Waals surface area contributed by atoms with Crippen LogP contribution in [0, 0.1) is 5.41 Å². The maximum atomic E-state index is 12.9. The predicted molar refractivity (Wildman–Crippen MR) is 98.1 cm³/mol. The molecule has 2 fully saturated rings. The third-order valence-electron chi connectivity index (χ3n) is 5.12. The lowest BCUT2D eigenvalue weighted by molar-refractivity contribution is -0.142. The van der Waals surface area contributed by atoms with Gasteiger partial charge in [-0.2, -0.15) is 0 Å². The first kappa shape index (κ1) is 18.7. The maximum absolute atomic E-state index is 12.9. The lowest BCUT2D eigenvalue weighted by Gasteiger charge is -2.25. The summed E-state index contributed by atoms with van der Waals surface area (Å²) in [5.41, 5.74) is -0.389. The molecular weight excluding hydrogens is 356 g/mol. The summed E-state index contributed by atoms with van der Waals surface area (Å²) < 4.78 is 4.69. The van der Waals surface area contributed by atoms with Gasteiger partial charge in [0.2, 0.25) is 11.8 Å². The number of halogens is 1. The van der Waals surface area contributed by atoms with Crippen molar-refractivity contribution in [1.29, 1.82) is 0 Å². The monoisotopic (exact) mass is 378 g/mol. The molecule has 1 aromatic carbocycles. The van der Waals surface area contributed by atoms with Gasteiger partial charge in [0.05, 0.1) is 23.4 Å². The molecule has 0 radical (unpaired) electrons. The molecule has 1 saturated heterocycles. The molecule has 2 amide bonds. The van der Waals surface area contributed by atoms with Crippen LogP contribution in [-0.2, 0) is 14.3 Å². The lowest BCUT2D eigenvalue weighted by atomic mass is 10.0. The van der Waals surface area contributed by atoms with E-state index < -0.39 is 11.4 Å². The summed E-state index contributed by atoms with van der Waals surface area (Å²) >= 11 is 6.15. The molecule has 6 nitrogen and oxygen atoms in total. The minimum absolute atomic E-state index is 0.0860. The first-order chi connectivity index (χ1) is 12.5. The van der Waals surface area contributed by atoms with Crippen molar-refractivity contribution in [2.45, 2.75) is 38.5 Å². The summed E-state index contributed by atoms with van der Waals surface area (Å²) in [5.74, 6) is -0.952. The van der Waals surface area contributed by atoms with Gasteiger partial charge >= 0.3 is 5.97 Å². The van der Waals surface area contributed by atoms with E-state index in [0.29, 0.717) is 36.6 Å². The van der Waals surface area contributed by atoms with Gasteiger partial charge in [-0.3, -0.25) is 9.59 Å². The van der Waals surface area contributed by atoms with E-state index in [1.54, 1.807) is 0 Å². The summed E-state index contributed by atoms with van der Waals surface area (Å²) in [6.45, 7) is 1.43. The summed E-state index contributed by atoms with van der Waals surface area (Å²) in [6.07, 6.45) is 5.30. The molecule has 140 valence electrons. The summed E-state index contributed by atoms with van der Waals surface area (Å²) in [5, 5.41) is 3.05. The Morgan fingerprint density at radius 3 is 2.35 bits per heavy atom. The smallest absolute Gasteiger partial charge is 0.337 e. The highest BCUT2D eigenvalue weighted by Crippen LogP contribution is 2.48. The van der Waals surface area contributed by atoms with E-state index in [1.165, 1.54) is 25.3 Å². The fourth-order valence-corrected chi connectivity index (χ4v) is 3.51. The summed E-state index contributed by atoms with van der Waals surface area (Å²) in [6, 6.07) is 4.53. The van der Waals surface area contributed by atoms with Crippen LogP contribution >= 0.6 is 11.6 Å². The normalized spacial score (nSPS) is 18.6. The van der Waals surface area contributed by atoms with Gasteiger partial charge in [0.25, 0.3) is 0 Å². The molecule has 1 N–H and O–H groups in total. The van der Waals surface area contributed by atoms with Crippen molar-refractivity contribution in [1.82, 2.24) is 4.90 Å². The third kappa shape index (κ3) is 3.70. The van der Waals surface area contributed by atoms with E-state index in [4.69, 9.17) is 11.6 Å². The van der Waals surface area contributed by atoms with E-state index in [1.807, 2.05) is 4.90 Å². The Balaban J connectivity index is 1.75. The number of anilines is 1. The van der Waals surface area contributed by atoms with Crippen LogP contribution in [0.2, 0.25) is 5.02 Å². The number of carbonyl (C=O) groups excluding carboxylic acids is 3. The second-order valence-electron chi connectivity index (χ2n) is 6.93. The van der Waals surface area contributed by atoms with Crippen LogP contribution in [0.3, 0.4) is 0 Å². The first-order valence-electron chi connectivity index (χ1n) is 8.96. The van der Waals surface area contributed by atoms with Crippen molar-refractivity contribution in [3.63, 3.8) is 0 Å². The average molecular weight is 379 g/mol. The molecule has 3 rings (SSSR count). The standard InChI is InChI=1S/C19H23ClN2O4/c1-26-16(23)13-6-7-14(20)15(12-13)21-17(24)19(8-9-19)18(25)22-10-4-2-3-5-11-22/h6-7,12H,2-5,8-11H2,1H3,(H,21,24). The second-order valence-corrected chi connectivity index (χ2v) is 7.34. The van der Waals surface area contributed by atoms with E-state index in [9.17, 15) is 14.4 Å². The van der Waals surface area contributed by atoms with E-state index in [0.717, 1.165) is 25.7 Å². The zero-order valence-corrected chi connectivity index (χ0v) is 15.6. The van der Waals surface area contributed by atoms with Gasteiger partial charge in [0, 0.05) is 13.1 Å². The molecule has 1 saturated carbocycles. The number of benzene rings is 1. The number of rotatable bonds is 4. The van der Waals surface area contributed by atoms with Gasteiger partial charge < -0.3 is 15.0 Å². The summed E-state index contributed by atoms with van der Waals surface area (Å²) in [4.78, 5) is 39.3.